The average molecular weight is 348 g/mol. The summed E-state index contributed by atoms with van der Waals surface area (Å²) in [4.78, 5) is 3.65. The van der Waals surface area contributed by atoms with E-state index in [1.807, 2.05) is 0 Å². The predicted molar refractivity (Wildman–Crippen MR) is 108 cm³/mol. The van der Waals surface area contributed by atoms with Gasteiger partial charge in [0.2, 0.25) is 0 Å². The van der Waals surface area contributed by atoms with Gasteiger partial charge in [-0.05, 0) is 80.1 Å². The molecule has 1 aromatic heterocycles. The van der Waals surface area contributed by atoms with Gasteiger partial charge in [-0.15, -0.1) is 0 Å². The van der Waals surface area contributed by atoms with Crippen molar-refractivity contribution < 1.29 is 4.74 Å². The van der Waals surface area contributed by atoms with Gasteiger partial charge in [-0.3, -0.25) is 0 Å². The van der Waals surface area contributed by atoms with Gasteiger partial charge in [0.25, 0.3) is 0 Å². The normalized spacial score (nSPS) is 14.2. The molecule has 0 spiro atoms. The maximum atomic E-state index is 6.00. The van der Waals surface area contributed by atoms with E-state index >= 15 is 0 Å². The minimum absolute atomic E-state index is 0.757. The molecule has 2 N–H and O–H groups in total. The molecule has 3 heteroatoms. The van der Waals surface area contributed by atoms with E-state index in [1.165, 1.54) is 38.9 Å². The van der Waals surface area contributed by atoms with E-state index in [4.69, 9.17) is 4.74 Å². The highest BCUT2D eigenvalue weighted by atomic mass is 16.5. The van der Waals surface area contributed by atoms with Gasteiger partial charge in [0.15, 0.2) is 0 Å². The van der Waals surface area contributed by atoms with Crippen molar-refractivity contribution in [1.29, 1.82) is 0 Å². The first-order valence-corrected chi connectivity index (χ1v) is 9.74. The Bertz CT molecular complexity index is 890. The van der Waals surface area contributed by atoms with Gasteiger partial charge in [0.05, 0.1) is 6.61 Å². The highest BCUT2D eigenvalue weighted by Crippen LogP contribution is 2.28. The number of fused-ring (bicyclic) bond motifs is 3. The topological polar surface area (TPSA) is 37.0 Å². The number of nitrogens with one attached hydrogen (secondary N) is 2. The molecule has 3 aromatic rings. The van der Waals surface area contributed by atoms with Crippen molar-refractivity contribution in [2.45, 2.75) is 39.5 Å². The maximum Gasteiger partial charge on any atom is 0.119 e. The smallest absolute Gasteiger partial charge is 0.119 e. The molecule has 0 unspecified atom stereocenters. The van der Waals surface area contributed by atoms with Crippen molar-refractivity contribution in [1.82, 2.24) is 10.3 Å². The summed E-state index contributed by atoms with van der Waals surface area (Å²) in [6, 6.07) is 13.1. The van der Waals surface area contributed by atoms with Crippen LogP contribution in [-0.2, 0) is 19.3 Å². The van der Waals surface area contributed by atoms with Crippen LogP contribution in [0.4, 0.5) is 0 Å². The number of H-pyrrole nitrogens is 1. The first-order chi connectivity index (χ1) is 12.7. The number of aromatic amines is 1. The molecule has 26 heavy (non-hydrogen) atoms. The molecule has 0 fully saturated rings. The molecule has 0 saturated carbocycles. The molecule has 0 bridgehead atoms. The largest absolute Gasteiger partial charge is 0.494 e. The molecule has 0 saturated heterocycles. The van der Waals surface area contributed by atoms with Crippen LogP contribution in [-0.4, -0.2) is 24.7 Å². The lowest BCUT2D eigenvalue weighted by Gasteiger charge is -2.10. The van der Waals surface area contributed by atoms with Gasteiger partial charge >= 0.3 is 0 Å². The van der Waals surface area contributed by atoms with E-state index in [0.29, 0.717) is 0 Å². The van der Waals surface area contributed by atoms with Crippen molar-refractivity contribution in [3.8, 4) is 5.75 Å². The molecule has 136 valence electrons. The van der Waals surface area contributed by atoms with Gasteiger partial charge in [-0.2, -0.15) is 0 Å². The summed E-state index contributed by atoms with van der Waals surface area (Å²) in [6.07, 6.45) is 4.30. The van der Waals surface area contributed by atoms with Gasteiger partial charge in [0.1, 0.15) is 5.75 Å². The molecular weight excluding hydrogens is 320 g/mol. The summed E-state index contributed by atoms with van der Waals surface area (Å²) in [5.41, 5.74) is 8.21. The van der Waals surface area contributed by atoms with Crippen LogP contribution < -0.4 is 10.1 Å². The molecule has 4 rings (SSSR count). The van der Waals surface area contributed by atoms with Crippen LogP contribution in [0.5, 0.6) is 5.75 Å². The predicted octanol–water partition coefficient (Wildman–Crippen LogP) is 4.48. The van der Waals surface area contributed by atoms with Crippen molar-refractivity contribution in [3.63, 3.8) is 0 Å². The molecule has 0 aliphatic carbocycles. The average Bonchev–Trinajstić information content (AvgIpc) is 2.80. The molecule has 1 aliphatic heterocycles. The molecule has 1 aliphatic rings. The van der Waals surface area contributed by atoms with E-state index < -0.39 is 0 Å². The second-order valence-electron chi connectivity index (χ2n) is 7.45. The lowest BCUT2D eigenvalue weighted by molar-refractivity contribution is 0.311. The van der Waals surface area contributed by atoms with Crippen molar-refractivity contribution in [2.24, 2.45) is 0 Å². The quantitative estimate of drug-likeness (QED) is 0.667. The van der Waals surface area contributed by atoms with Crippen LogP contribution in [0, 0.1) is 13.8 Å². The second kappa shape index (κ2) is 7.55. The fourth-order valence-electron chi connectivity index (χ4n) is 4.17. The summed E-state index contributed by atoms with van der Waals surface area (Å²) in [5, 5.41) is 4.96. The molecule has 2 heterocycles. The Morgan fingerprint density at radius 1 is 1.00 bits per heavy atom. The highest BCUT2D eigenvalue weighted by Gasteiger charge is 2.16. The highest BCUT2D eigenvalue weighted by molar-refractivity contribution is 5.88. The lowest BCUT2D eigenvalue weighted by atomic mass is 9.99. The number of ether oxygens (including phenoxy) is 1. The third kappa shape index (κ3) is 3.63. The third-order valence-corrected chi connectivity index (χ3v) is 5.26. The Hall–Kier alpha value is -2.26. The number of benzene rings is 2. The van der Waals surface area contributed by atoms with Crippen LogP contribution in [0.15, 0.2) is 36.4 Å². The fraction of sp³-hybridized carbons (Fsp3) is 0.391. The Balaban J connectivity index is 1.46. The maximum absolute atomic E-state index is 6.00. The summed E-state index contributed by atoms with van der Waals surface area (Å²) < 4.78 is 6.00. The SMILES string of the molecule is Cc1cc(C)cc(OCCCc2cccc3[nH]c4c(c23)CCNCC4)c1. The summed E-state index contributed by atoms with van der Waals surface area (Å²) in [7, 11) is 0. The number of aromatic nitrogens is 1. The Morgan fingerprint density at radius 2 is 1.81 bits per heavy atom. The first kappa shape index (κ1) is 17.2. The standard InChI is InChI=1S/C23H28N2O/c1-16-13-17(2)15-19(14-16)26-12-4-6-18-5-3-7-22-23(18)20-8-10-24-11-9-21(20)25-22/h3,5,7,13-15,24-25H,4,6,8-12H2,1-2H3. The van der Waals surface area contributed by atoms with E-state index in [2.05, 4.69) is 60.5 Å². The lowest BCUT2D eigenvalue weighted by Crippen LogP contribution is -2.16. The minimum Gasteiger partial charge on any atom is -0.494 e. The van der Waals surface area contributed by atoms with Crippen LogP contribution in [0.3, 0.4) is 0 Å². The molecule has 0 atom stereocenters. The summed E-state index contributed by atoms with van der Waals surface area (Å²) in [6.45, 7) is 7.14. The van der Waals surface area contributed by atoms with E-state index in [0.717, 1.165) is 51.1 Å². The van der Waals surface area contributed by atoms with Gasteiger partial charge < -0.3 is 15.0 Å². The zero-order chi connectivity index (χ0) is 17.9. The fourth-order valence-corrected chi connectivity index (χ4v) is 4.17. The molecule has 0 radical (unpaired) electrons. The molecule has 0 amide bonds. The van der Waals surface area contributed by atoms with Crippen LogP contribution >= 0.6 is 0 Å². The molecule has 2 aromatic carbocycles. The first-order valence-electron chi connectivity index (χ1n) is 9.74. The Labute approximate surface area is 155 Å². The summed E-state index contributed by atoms with van der Waals surface area (Å²) in [5.74, 6) is 0.988. The van der Waals surface area contributed by atoms with Crippen LogP contribution in [0.25, 0.3) is 10.9 Å². The molecule has 3 nitrogen and oxygen atoms in total. The third-order valence-electron chi connectivity index (χ3n) is 5.26. The number of rotatable bonds is 5. The number of aryl methyl sites for hydroxylation is 3. The van der Waals surface area contributed by atoms with Crippen molar-refractivity contribution in [2.75, 3.05) is 19.7 Å². The zero-order valence-electron chi connectivity index (χ0n) is 15.8. The van der Waals surface area contributed by atoms with Crippen molar-refractivity contribution >= 4 is 10.9 Å². The van der Waals surface area contributed by atoms with E-state index in [-0.39, 0.29) is 0 Å². The second-order valence-corrected chi connectivity index (χ2v) is 7.45. The van der Waals surface area contributed by atoms with Gasteiger partial charge in [0, 0.05) is 29.6 Å². The summed E-state index contributed by atoms with van der Waals surface area (Å²) >= 11 is 0. The minimum atomic E-state index is 0.757. The van der Waals surface area contributed by atoms with E-state index in [1.54, 1.807) is 0 Å². The van der Waals surface area contributed by atoms with Crippen LogP contribution in [0.1, 0.15) is 34.4 Å². The molecular formula is C23H28N2O. The van der Waals surface area contributed by atoms with Gasteiger partial charge in [-0.25, -0.2) is 0 Å². The Kier molecular flexibility index (Phi) is 4.98. The zero-order valence-corrected chi connectivity index (χ0v) is 15.8. The van der Waals surface area contributed by atoms with E-state index in [9.17, 15) is 0 Å². The number of hydrogen-bond donors (Lipinski definition) is 2. The number of hydrogen-bond acceptors (Lipinski definition) is 2. The van der Waals surface area contributed by atoms with Gasteiger partial charge in [-0.1, -0.05) is 18.2 Å². The Morgan fingerprint density at radius 3 is 2.65 bits per heavy atom. The monoisotopic (exact) mass is 348 g/mol. The van der Waals surface area contributed by atoms with Crippen molar-refractivity contribution in [3.05, 3.63) is 64.3 Å². The van der Waals surface area contributed by atoms with Crippen LogP contribution in [0.2, 0.25) is 0 Å².